The quantitative estimate of drug-likeness (QED) is 0.382. The monoisotopic (exact) mass is 186 g/mol. The van der Waals surface area contributed by atoms with E-state index in [1.54, 1.807) is 0 Å². The highest BCUT2D eigenvalue weighted by Crippen LogP contribution is 2.20. The lowest BCUT2D eigenvalue weighted by molar-refractivity contribution is 0.552. The molecule has 0 aliphatic heterocycles. The summed E-state index contributed by atoms with van der Waals surface area (Å²) in [6, 6.07) is 1.08. The average molecular weight is 186 g/mol. The molecule has 62 valence electrons. The summed E-state index contributed by atoms with van der Waals surface area (Å²) in [5.74, 6) is -1.75. The molecule has 1 aromatic heterocycles. The van der Waals surface area contributed by atoms with Crippen molar-refractivity contribution in [2.75, 3.05) is 0 Å². The Morgan fingerprint density at radius 2 is 2.25 bits per heavy atom. The number of isothiocyanates is 1. The minimum Gasteiger partial charge on any atom is -0.223 e. The first-order valence-corrected chi connectivity index (χ1v) is 3.46. The van der Waals surface area contributed by atoms with Crippen LogP contribution in [0.5, 0.6) is 0 Å². The van der Waals surface area contributed by atoms with Gasteiger partial charge in [-0.3, -0.25) is 0 Å². The second-order valence-corrected chi connectivity index (χ2v) is 2.27. The van der Waals surface area contributed by atoms with Gasteiger partial charge in [-0.05, 0) is 25.2 Å². The molecule has 2 nitrogen and oxygen atoms in total. The lowest BCUT2D eigenvalue weighted by atomic mass is 10.3. The first-order chi connectivity index (χ1) is 5.65. The Bertz CT molecular complexity index is 335. The molecule has 0 unspecified atom stereocenters. The number of hydrogen-bond acceptors (Lipinski definition) is 3. The molecule has 0 radical (unpaired) electrons. The topological polar surface area (TPSA) is 25.2 Å². The van der Waals surface area contributed by atoms with Crippen LogP contribution >= 0.6 is 12.2 Å². The molecule has 5 heteroatoms. The van der Waals surface area contributed by atoms with Crippen LogP contribution in [0.1, 0.15) is 5.69 Å². The van der Waals surface area contributed by atoms with Crippen molar-refractivity contribution < 1.29 is 8.78 Å². The number of rotatable bonds is 1. The van der Waals surface area contributed by atoms with E-state index in [4.69, 9.17) is 0 Å². The highest BCUT2D eigenvalue weighted by molar-refractivity contribution is 7.78. The molecule has 1 aromatic rings. The van der Waals surface area contributed by atoms with Gasteiger partial charge in [0, 0.05) is 5.69 Å². The summed E-state index contributed by atoms with van der Waals surface area (Å²) >= 11 is 4.21. The van der Waals surface area contributed by atoms with Crippen molar-refractivity contribution in [2.24, 2.45) is 4.99 Å². The Morgan fingerprint density at radius 3 is 2.75 bits per heavy atom. The summed E-state index contributed by atoms with van der Waals surface area (Å²) in [4.78, 5) is 6.57. The third kappa shape index (κ3) is 1.69. The third-order valence-corrected chi connectivity index (χ3v) is 1.28. The van der Waals surface area contributed by atoms with Crippen molar-refractivity contribution >= 4 is 23.1 Å². The first kappa shape index (κ1) is 8.90. The summed E-state index contributed by atoms with van der Waals surface area (Å²) in [5, 5.41) is 1.87. The van der Waals surface area contributed by atoms with Crippen molar-refractivity contribution in [3.8, 4) is 0 Å². The summed E-state index contributed by atoms with van der Waals surface area (Å²) in [6.45, 7) is 1.48. The molecular formula is C7H4F2N2S. The van der Waals surface area contributed by atoms with Crippen molar-refractivity contribution in [3.63, 3.8) is 0 Å². The minimum absolute atomic E-state index is 0.258. The molecule has 0 aromatic carbocycles. The maximum absolute atomic E-state index is 12.8. The highest BCUT2D eigenvalue weighted by Gasteiger charge is 2.09. The van der Waals surface area contributed by atoms with Gasteiger partial charge in [0.1, 0.15) is 0 Å². The van der Waals surface area contributed by atoms with Crippen LogP contribution in [0.4, 0.5) is 14.5 Å². The maximum atomic E-state index is 12.8. The van der Waals surface area contributed by atoms with Gasteiger partial charge in [-0.15, -0.1) is 0 Å². The highest BCUT2D eigenvalue weighted by atomic mass is 32.1. The van der Waals surface area contributed by atoms with Gasteiger partial charge in [-0.2, -0.15) is 9.38 Å². The normalized spacial score (nSPS) is 9.25. The summed E-state index contributed by atoms with van der Waals surface area (Å²) in [7, 11) is 0. The molecule has 1 heterocycles. The van der Waals surface area contributed by atoms with Crippen molar-refractivity contribution in [3.05, 3.63) is 23.5 Å². The number of aryl methyl sites for hydroxylation is 1. The second-order valence-electron chi connectivity index (χ2n) is 2.09. The van der Waals surface area contributed by atoms with Gasteiger partial charge in [0.05, 0.1) is 5.16 Å². The van der Waals surface area contributed by atoms with Crippen LogP contribution in [-0.4, -0.2) is 10.1 Å². The van der Waals surface area contributed by atoms with Gasteiger partial charge in [0.15, 0.2) is 11.5 Å². The average Bonchev–Trinajstić information content (AvgIpc) is 1.96. The number of halogens is 2. The fraction of sp³-hybridized carbons (Fsp3) is 0.143. The Morgan fingerprint density at radius 1 is 1.58 bits per heavy atom. The van der Waals surface area contributed by atoms with Crippen LogP contribution < -0.4 is 0 Å². The lowest BCUT2D eigenvalue weighted by Gasteiger charge is -1.97. The van der Waals surface area contributed by atoms with Crippen LogP contribution in [0.2, 0.25) is 0 Å². The van der Waals surface area contributed by atoms with E-state index in [0.717, 1.165) is 6.07 Å². The van der Waals surface area contributed by atoms with Gasteiger partial charge >= 0.3 is 0 Å². The zero-order valence-corrected chi connectivity index (χ0v) is 6.95. The molecule has 0 bridgehead atoms. The Hall–Kier alpha value is -1.19. The van der Waals surface area contributed by atoms with Crippen LogP contribution in [0.25, 0.3) is 0 Å². The van der Waals surface area contributed by atoms with Crippen LogP contribution in [-0.2, 0) is 0 Å². The predicted octanol–water partition coefficient (Wildman–Crippen LogP) is 2.40. The number of aromatic nitrogens is 1. The molecule has 0 saturated carbocycles. The molecule has 0 amide bonds. The first-order valence-electron chi connectivity index (χ1n) is 3.05. The van der Waals surface area contributed by atoms with E-state index in [-0.39, 0.29) is 5.69 Å². The van der Waals surface area contributed by atoms with Gasteiger partial charge in [-0.1, -0.05) is 0 Å². The molecule has 0 spiro atoms. The number of thiocarbonyl (C=S) groups is 1. The van der Waals surface area contributed by atoms with E-state index in [1.807, 2.05) is 5.16 Å². The van der Waals surface area contributed by atoms with E-state index in [0.29, 0.717) is 0 Å². The van der Waals surface area contributed by atoms with E-state index in [1.165, 1.54) is 6.92 Å². The lowest BCUT2D eigenvalue weighted by Crippen LogP contribution is -1.90. The summed E-state index contributed by atoms with van der Waals surface area (Å²) < 4.78 is 25.6. The van der Waals surface area contributed by atoms with Gasteiger partial charge in [0.2, 0.25) is 5.95 Å². The summed E-state index contributed by atoms with van der Waals surface area (Å²) in [5.41, 5.74) is -0.232. The van der Waals surface area contributed by atoms with Crippen LogP contribution in [0, 0.1) is 18.7 Å². The van der Waals surface area contributed by atoms with Crippen molar-refractivity contribution in [1.82, 2.24) is 4.98 Å². The molecule has 12 heavy (non-hydrogen) atoms. The number of pyridine rings is 1. The van der Waals surface area contributed by atoms with E-state index < -0.39 is 17.5 Å². The van der Waals surface area contributed by atoms with Crippen LogP contribution in [0.15, 0.2) is 11.1 Å². The number of hydrogen-bond donors (Lipinski definition) is 0. The summed E-state index contributed by atoms with van der Waals surface area (Å²) in [6.07, 6.45) is 0. The van der Waals surface area contributed by atoms with E-state index >= 15 is 0 Å². The smallest absolute Gasteiger partial charge is 0.223 e. The third-order valence-electron chi connectivity index (χ3n) is 1.19. The van der Waals surface area contributed by atoms with E-state index in [2.05, 4.69) is 22.2 Å². The molecular weight excluding hydrogens is 182 g/mol. The zero-order valence-electron chi connectivity index (χ0n) is 6.14. The number of nitrogens with zero attached hydrogens (tertiary/aromatic N) is 2. The molecule has 0 saturated heterocycles. The largest absolute Gasteiger partial charge is 0.242 e. The fourth-order valence-corrected chi connectivity index (χ4v) is 0.827. The van der Waals surface area contributed by atoms with E-state index in [9.17, 15) is 8.78 Å². The van der Waals surface area contributed by atoms with Gasteiger partial charge in [-0.25, -0.2) is 9.37 Å². The molecule has 0 atom stereocenters. The van der Waals surface area contributed by atoms with Crippen molar-refractivity contribution in [1.29, 1.82) is 0 Å². The number of aliphatic imine (C=N–C) groups is 1. The minimum atomic E-state index is -0.968. The Labute approximate surface area is 73.0 Å². The fourth-order valence-electron chi connectivity index (χ4n) is 0.736. The standard InChI is InChI=1S/C7H4F2N2S/c1-4-2-5(8)6(10-3-12)7(9)11-4/h2H,1H3. The molecule has 1 rings (SSSR count). The molecule has 0 aliphatic carbocycles. The van der Waals surface area contributed by atoms with Gasteiger partial charge < -0.3 is 0 Å². The Kier molecular flexibility index (Phi) is 2.58. The maximum Gasteiger partial charge on any atom is 0.242 e. The van der Waals surface area contributed by atoms with Gasteiger partial charge in [0.25, 0.3) is 0 Å². The second kappa shape index (κ2) is 3.47. The molecule has 0 N–H and O–H groups in total. The van der Waals surface area contributed by atoms with Crippen LogP contribution in [0.3, 0.4) is 0 Å². The molecule has 0 fully saturated rings. The zero-order chi connectivity index (χ0) is 9.14. The molecule has 0 aliphatic rings. The Balaban J connectivity index is 3.37. The predicted molar refractivity (Wildman–Crippen MR) is 43.6 cm³/mol. The van der Waals surface area contributed by atoms with Crippen molar-refractivity contribution in [2.45, 2.75) is 6.92 Å². The SMILES string of the molecule is Cc1cc(F)c(N=C=S)c(F)n1.